The van der Waals surface area contributed by atoms with Crippen LogP contribution < -0.4 is 0 Å². The van der Waals surface area contributed by atoms with Gasteiger partial charge >= 0.3 is 5.97 Å². The van der Waals surface area contributed by atoms with Crippen LogP contribution in [0, 0.1) is 52.3 Å². The fourth-order valence-corrected chi connectivity index (χ4v) is 12.4. The highest BCUT2D eigenvalue weighted by Crippen LogP contribution is 2.67. The second kappa shape index (κ2) is 23.8. The number of hydrogen-bond acceptors (Lipinski definition) is 2. The zero-order chi connectivity index (χ0) is 38.8. The highest BCUT2D eigenvalue weighted by Gasteiger charge is 2.59. The third-order valence-corrected chi connectivity index (χ3v) is 15.9. The van der Waals surface area contributed by atoms with Crippen molar-refractivity contribution in [3.8, 4) is 0 Å². The van der Waals surface area contributed by atoms with Gasteiger partial charge in [0.25, 0.3) is 0 Å². The van der Waals surface area contributed by atoms with Crippen LogP contribution in [0.25, 0.3) is 0 Å². The predicted octanol–water partition coefficient (Wildman–Crippen LogP) is 16.3. The molecule has 0 aliphatic heterocycles. The lowest BCUT2D eigenvalue weighted by Gasteiger charge is -2.58. The van der Waals surface area contributed by atoms with Gasteiger partial charge < -0.3 is 4.74 Å². The lowest BCUT2D eigenvalue weighted by Crippen LogP contribution is -2.51. The molecular formula is C52H90O2. The summed E-state index contributed by atoms with van der Waals surface area (Å²) in [4.78, 5) is 12.9. The molecule has 3 fully saturated rings. The van der Waals surface area contributed by atoms with Crippen LogP contribution in [0.15, 0.2) is 36.0 Å². The van der Waals surface area contributed by atoms with Crippen LogP contribution >= 0.6 is 0 Å². The Hall–Kier alpha value is -1.31. The molecule has 0 aromatic carbocycles. The average molecular weight is 747 g/mol. The summed E-state index contributed by atoms with van der Waals surface area (Å²) < 4.78 is 6.16. The van der Waals surface area contributed by atoms with Crippen molar-refractivity contribution in [2.45, 2.75) is 234 Å². The minimum absolute atomic E-state index is 0.0549. The van der Waals surface area contributed by atoms with Crippen molar-refractivity contribution in [2.24, 2.45) is 52.3 Å². The number of ether oxygens (including phenoxy) is 1. The fourth-order valence-electron chi connectivity index (χ4n) is 12.4. The molecular weight excluding hydrogens is 657 g/mol. The van der Waals surface area contributed by atoms with E-state index in [2.05, 4.69) is 78.8 Å². The van der Waals surface area contributed by atoms with E-state index in [-0.39, 0.29) is 12.1 Å². The van der Waals surface area contributed by atoms with Gasteiger partial charge in [0, 0.05) is 12.8 Å². The number of fused-ring (bicyclic) bond motifs is 5. The Bertz CT molecular complexity index is 1150. The standard InChI is InChI=1S/C52H90O2/c1-8-10-11-12-13-14-15-16-17-18-19-20-21-22-23-24-25-26-27-28-29-50(53)54-45-36-38-51(6)44(40-45)32-33-46-48-35-34-47(52(48,7)39-37-49(46)51)42(5)30-31-43(9-2)41(3)4/h19-20,30-32,41-43,45-49H,8-18,21-29,33-40H2,1-7H3/b20-19-,31-30+. The molecule has 2 nitrogen and oxygen atoms in total. The van der Waals surface area contributed by atoms with E-state index < -0.39 is 0 Å². The molecule has 4 aliphatic carbocycles. The quantitative estimate of drug-likeness (QED) is 0.0500. The van der Waals surface area contributed by atoms with Crippen LogP contribution in [-0.2, 0) is 9.53 Å². The predicted molar refractivity (Wildman–Crippen MR) is 235 cm³/mol. The summed E-state index contributed by atoms with van der Waals surface area (Å²) in [5.41, 5.74) is 2.43. The summed E-state index contributed by atoms with van der Waals surface area (Å²) in [6.07, 6.45) is 48.8. The summed E-state index contributed by atoms with van der Waals surface area (Å²) in [7, 11) is 0. The van der Waals surface area contributed by atoms with Gasteiger partial charge in [0.05, 0.1) is 0 Å². The van der Waals surface area contributed by atoms with Crippen LogP contribution in [0.1, 0.15) is 228 Å². The number of hydrogen-bond donors (Lipinski definition) is 0. The molecule has 0 saturated heterocycles. The van der Waals surface area contributed by atoms with Crippen molar-refractivity contribution in [3.05, 3.63) is 36.0 Å². The second-order valence-corrected chi connectivity index (χ2v) is 20.0. The van der Waals surface area contributed by atoms with Crippen molar-refractivity contribution in [1.82, 2.24) is 0 Å². The van der Waals surface area contributed by atoms with E-state index >= 15 is 0 Å². The Morgan fingerprint density at radius 2 is 1.35 bits per heavy atom. The highest BCUT2D eigenvalue weighted by atomic mass is 16.5. The molecule has 9 unspecified atom stereocenters. The average Bonchev–Trinajstić information content (AvgIpc) is 3.51. The first-order chi connectivity index (χ1) is 26.1. The molecule has 54 heavy (non-hydrogen) atoms. The smallest absolute Gasteiger partial charge is 0.306 e. The summed E-state index contributed by atoms with van der Waals surface area (Å²) >= 11 is 0. The molecule has 3 saturated carbocycles. The molecule has 0 heterocycles. The Balaban J connectivity index is 1.06. The van der Waals surface area contributed by atoms with Crippen molar-refractivity contribution in [1.29, 1.82) is 0 Å². The van der Waals surface area contributed by atoms with Gasteiger partial charge in [-0.15, -0.1) is 0 Å². The lowest BCUT2D eigenvalue weighted by atomic mass is 9.47. The zero-order valence-electron chi connectivity index (χ0n) is 37.1. The number of allylic oxidation sites excluding steroid dienone is 5. The highest BCUT2D eigenvalue weighted by molar-refractivity contribution is 5.69. The van der Waals surface area contributed by atoms with E-state index in [1.165, 1.54) is 148 Å². The van der Waals surface area contributed by atoms with E-state index in [0.29, 0.717) is 29.1 Å². The number of esters is 1. The summed E-state index contributed by atoms with van der Waals surface area (Å²) in [6, 6.07) is 0. The Morgan fingerprint density at radius 3 is 1.96 bits per heavy atom. The van der Waals surface area contributed by atoms with Gasteiger partial charge in [0.1, 0.15) is 6.10 Å². The molecule has 0 spiro atoms. The molecule has 4 rings (SSSR count). The normalized spacial score (nSPS) is 30.7. The Labute approximate surface area is 337 Å². The van der Waals surface area contributed by atoms with Crippen LogP contribution in [-0.4, -0.2) is 12.1 Å². The SMILES string of the molecule is CCCCCCCCCCC/C=C\CCCCCCCCCC(=O)OC1CCC2(C)C(=CCC3C2CCC2(C)C(C(C)/C=C/C(CC)C(C)C)CCC32)C1. The molecule has 4 aliphatic rings. The number of carbonyl (C=O) groups excluding carboxylic acids is 1. The first-order valence-corrected chi connectivity index (χ1v) is 24.4. The van der Waals surface area contributed by atoms with Crippen molar-refractivity contribution in [3.63, 3.8) is 0 Å². The van der Waals surface area contributed by atoms with Gasteiger partial charge in [-0.3, -0.25) is 4.79 Å². The minimum Gasteiger partial charge on any atom is -0.462 e. The maximum Gasteiger partial charge on any atom is 0.306 e. The first kappa shape index (κ1) is 45.4. The molecule has 0 bridgehead atoms. The maximum absolute atomic E-state index is 12.9. The van der Waals surface area contributed by atoms with Gasteiger partial charge in [-0.1, -0.05) is 168 Å². The largest absolute Gasteiger partial charge is 0.462 e. The third kappa shape index (κ3) is 13.1. The fraction of sp³-hybridized carbons (Fsp3) is 0.865. The van der Waals surface area contributed by atoms with Crippen LogP contribution in [0.3, 0.4) is 0 Å². The van der Waals surface area contributed by atoms with Gasteiger partial charge in [0.15, 0.2) is 0 Å². The van der Waals surface area contributed by atoms with Crippen LogP contribution in [0.5, 0.6) is 0 Å². The molecule has 0 amide bonds. The summed E-state index contributed by atoms with van der Waals surface area (Å²) in [5.74, 6) is 5.53. The van der Waals surface area contributed by atoms with Crippen LogP contribution in [0.2, 0.25) is 0 Å². The van der Waals surface area contributed by atoms with Gasteiger partial charge in [-0.25, -0.2) is 0 Å². The topological polar surface area (TPSA) is 26.3 Å². The van der Waals surface area contributed by atoms with E-state index in [0.717, 1.165) is 55.3 Å². The van der Waals surface area contributed by atoms with Gasteiger partial charge in [-0.05, 0) is 136 Å². The van der Waals surface area contributed by atoms with E-state index in [1.54, 1.807) is 5.57 Å². The molecule has 2 heteroatoms. The van der Waals surface area contributed by atoms with E-state index in [1.807, 2.05) is 0 Å². The van der Waals surface area contributed by atoms with Crippen molar-refractivity contribution < 1.29 is 9.53 Å². The zero-order valence-corrected chi connectivity index (χ0v) is 37.1. The minimum atomic E-state index is 0.0549. The van der Waals surface area contributed by atoms with E-state index in [4.69, 9.17) is 4.74 Å². The molecule has 0 aromatic heterocycles. The molecule has 0 radical (unpaired) electrons. The lowest BCUT2D eigenvalue weighted by molar-refractivity contribution is -0.151. The molecule has 310 valence electrons. The monoisotopic (exact) mass is 747 g/mol. The first-order valence-electron chi connectivity index (χ1n) is 24.4. The third-order valence-electron chi connectivity index (χ3n) is 15.9. The van der Waals surface area contributed by atoms with Crippen LogP contribution in [0.4, 0.5) is 0 Å². The van der Waals surface area contributed by atoms with Gasteiger partial charge in [0.2, 0.25) is 0 Å². The Morgan fingerprint density at radius 1 is 0.741 bits per heavy atom. The molecule has 0 N–H and O–H groups in total. The second-order valence-electron chi connectivity index (χ2n) is 20.0. The molecule has 9 atom stereocenters. The maximum atomic E-state index is 12.9. The molecule has 0 aromatic rings. The number of rotatable bonds is 26. The van der Waals surface area contributed by atoms with E-state index in [9.17, 15) is 4.79 Å². The summed E-state index contributed by atoms with van der Waals surface area (Å²) in [5, 5.41) is 0. The summed E-state index contributed by atoms with van der Waals surface area (Å²) in [6.45, 7) is 17.2. The number of unbranched alkanes of at least 4 members (excludes halogenated alkanes) is 16. The van der Waals surface area contributed by atoms with Gasteiger partial charge in [-0.2, -0.15) is 0 Å². The van der Waals surface area contributed by atoms with Crippen molar-refractivity contribution >= 4 is 5.97 Å². The number of carbonyl (C=O) groups is 1. The Kier molecular flexibility index (Phi) is 20.0. The van der Waals surface area contributed by atoms with Crippen molar-refractivity contribution in [2.75, 3.05) is 0 Å².